The molecule has 464 valence electrons. The second-order valence-corrected chi connectivity index (χ2v) is 22.0. The lowest BCUT2D eigenvalue weighted by Gasteiger charge is -2.18. The minimum absolute atomic E-state index is 0.109. The number of hydrogen-bond donors (Lipinski definition) is 0. The molecule has 0 aliphatic carbocycles. The van der Waals surface area contributed by atoms with Crippen LogP contribution < -0.4 is 0 Å². The second-order valence-electron chi connectivity index (χ2n) is 22.0. The van der Waals surface area contributed by atoms with Crippen molar-refractivity contribution in [1.82, 2.24) is 0 Å². The van der Waals surface area contributed by atoms with Gasteiger partial charge in [-0.25, -0.2) is 0 Å². The summed E-state index contributed by atoms with van der Waals surface area (Å²) in [5, 5.41) is 0. The average Bonchev–Trinajstić information content (AvgIpc) is 3.47. The van der Waals surface area contributed by atoms with Crippen molar-refractivity contribution in [3.63, 3.8) is 0 Å². The van der Waals surface area contributed by atoms with E-state index in [0.717, 1.165) is 116 Å². The van der Waals surface area contributed by atoms with Gasteiger partial charge in [0.05, 0.1) is 0 Å². The Morgan fingerprint density at radius 1 is 0.256 bits per heavy atom. The van der Waals surface area contributed by atoms with Crippen LogP contribution in [0.4, 0.5) is 0 Å². The summed E-state index contributed by atoms with van der Waals surface area (Å²) in [4.78, 5) is 38.3. The lowest BCUT2D eigenvalue weighted by molar-refractivity contribution is -0.166. The number of hydrogen-bond acceptors (Lipinski definition) is 6. The number of carbonyl (C=O) groups excluding carboxylic acids is 3. The smallest absolute Gasteiger partial charge is 0.306 e. The fraction of sp³-hybridized carbons (Fsp3) is 0.645. The average molecular weight is 1130 g/mol. The summed E-state index contributed by atoms with van der Waals surface area (Å²) in [7, 11) is 0. The van der Waals surface area contributed by atoms with Crippen molar-refractivity contribution in [2.75, 3.05) is 13.2 Å². The van der Waals surface area contributed by atoms with Crippen LogP contribution in [-0.4, -0.2) is 37.2 Å². The number of ether oxygens (including phenoxy) is 3. The Balaban J connectivity index is 4.29. The molecule has 0 heterocycles. The highest BCUT2D eigenvalue weighted by Gasteiger charge is 2.19. The SMILES string of the molecule is CC/C=C\C/C=C\C/C=C\C/C=C\C/C=C\C/C=C\CCCCCCCCCCCCCCCCC(=O)OCC(COC(=O)CCCCCCCCCCCCCC)OC(=O)CC/C=C\C/C=C\C/C=C\C/C=C\C/C=C\C/C=C\CC. The van der Waals surface area contributed by atoms with Gasteiger partial charge in [0.1, 0.15) is 13.2 Å². The van der Waals surface area contributed by atoms with E-state index in [0.29, 0.717) is 19.3 Å². The van der Waals surface area contributed by atoms with Crippen molar-refractivity contribution in [2.45, 2.75) is 303 Å². The summed E-state index contributed by atoms with van der Waals surface area (Å²) in [6.07, 6.45) is 98.8. The van der Waals surface area contributed by atoms with Gasteiger partial charge in [-0.05, 0) is 109 Å². The Morgan fingerprint density at radius 2 is 0.500 bits per heavy atom. The normalized spacial score (nSPS) is 13.1. The zero-order valence-electron chi connectivity index (χ0n) is 53.2. The first-order valence-corrected chi connectivity index (χ1v) is 33.8. The molecule has 1 unspecified atom stereocenters. The molecule has 82 heavy (non-hydrogen) atoms. The van der Waals surface area contributed by atoms with Crippen molar-refractivity contribution in [2.24, 2.45) is 0 Å². The van der Waals surface area contributed by atoms with Gasteiger partial charge in [-0.1, -0.05) is 314 Å². The molecule has 0 aromatic rings. The van der Waals surface area contributed by atoms with Crippen LogP contribution in [0.3, 0.4) is 0 Å². The number of allylic oxidation sites excluding steroid dienone is 24. The molecule has 6 nitrogen and oxygen atoms in total. The number of rotatable bonds is 60. The summed E-state index contributed by atoms with van der Waals surface area (Å²) in [6, 6.07) is 0. The third-order valence-corrected chi connectivity index (χ3v) is 14.1. The maximum atomic E-state index is 12.9. The molecule has 0 aliphatic heterocycles. The summed E-state index contributed by atoms with van der Waals surface area (Å²) in [6.45, 7) is 6.36. The van der Waals surface area contributed by atoms with Gasteiger partial charge in [-0.2, -0.15) is 0 Å². The molecule has 0 bridgehead atoms. The Hall–Kier alpha value is -4.71. The predicted molar refractivity (Wildman–Crippen MR) is 357 cm³/mol. The maximum absolute atomic E-state index is 12.9. The molecule has 1 atom stereocenters. The summed E-state index contributed by atoms with van der Waals surface area (Å²) in [5.41, 5.74) is 0. The fourth-order valence-electron chi connectivity index (χ4n) is 9.12. The number of unbranched alkanes of at least 4 members (excludes halogenated alkanes) is 25. The van der Waals surface area contributed by atoms with Crippen LogP contribution in [0.1, 0.15) is 297 Å². The summed E-state index contributed by atoms with van der Waals surface area (Å²) in [5.74, 6) is -0.990. The van der Waals surface area contributed by atoms with E-state index >= 15 is 0 Å². The predicted octanol–water partition coefficient (Wildman–Crippen LogP) is 23.5. The van der Waals surface area contributed by atoms with E-state index < -0.39 is 12.1 Å². The van der Waals surface area contributed by atoms with E-state index in [2.05, 4.69) is 161 Å². The first kappa shape index (κ1) is 77.3. The fourth-order valence-corrected chi connectivity index (χ4v) is 9.12. The van der Waals surface area contributed by atoms with Gasteiger partial charge in [-0.3, -0.25) is 14.4 Å². The molecule has 0 N–H and O–H groups in total. The highest BCUT2D eigenvalue weighted by atomic mass is 16.6. The number of carbonyl (C=O) groups is 3. The minimum atomic E-state index is -0.822. The molecule has 0 radical (unpaired) electrons. The molecular formula is C76H124O6. The van der Waals surface area contributed by atoms with Gasteiger partial charge in [0.15, 0.2) is 6.10 Å². The Kier molecular flexibility index (Phi) is 64.8. The zero-order chi connectivity index (χ0) is 59.2. The van der Waals surface area contributed by atoms with Crippen molar-refractivity contribution in [3.8, 4) is 0 Å². The molecule has 0 amide bonds. The van der Waals surface area contributed by atoms with E-state index in [-0.39, 0.29) is 31.6 Å². The Bertz CT molecular complexity index is 1780. The third kappa shape index (κ3) is 66.1. The third-order valence-electron chi connectivity index (χ3n) is 14.1. The minimum Gasteiger partial charge on any atom is -0.462 e. The maximum Gasteiger partial charge on any atom is 0.306 e. The summed E-state index contributed by atoms with van der Waals surface area (Å²) < 4.78 is 16.9. The van der Waals surface area contributed by atoms with Gasteiger partial charge in [-0.15, -0.1) is 0 Å². The highest BCUT2D eigenvalue weighted by Crippen LogP contribution is 2.16. The second kappa shape index (κ2) is 68.8. The molecule has 0 fully saturated rings. The lowest BCUT2D eigenvalue weighted by Crippen LogP contribution is -2.30. The largest absolute Gasteiger partial charge is 0.462 e. The van der Waals surface area contributed by atoms with Gasteiger partial charge < -0.3 is 14.2 Å². The van der Waals surface area contributed by atoms with E-state index in [1.807, 2.05) is 6.08 Å². The molecule has 0 rings (SSSR count). The van der Waals surface area contributed by atoms with Crippen LogP contribution >= 0.6 is 0 Å². The van der Waals surface area contributed by atoms with Gasteiger partial charge in [0.25, 0.3) is 0 Å². The van der Waals surface area contributed by atoms with E-state index in [4.69, 9.17) is 14.2 Å². The van der Waals surface area contributed by atoms with Gasteiger partial charge >= 0.3 is 17.9 Å². The van der Waals surface area contributed by atoms with Crippen molar-refractivity contribution in [1.29, 1.82) is 0 Å². The van der Waals surface area contributed by atoms with Crippen molar-refractivity contribution < 1.29 is 28.6 Å². The zero-order valence-corrected chi connectivity index (χ0v) is 53.2. The van der Waals surface area contributed by atoms with Crippen LogP contribution in [0.15, 0.2) is 146 Å². The van der Waals surface area contributed by atoms with E-state index in [9.17, 15) is 14.4 Å². The van der Waals surface area contributed by atoms with Crippen LogP contribution in [0.5, 0.6) is 0 Å². The van der Waals surface area contributed by atoms with Crippen molar-refractivity contribution in [3.05, 3.63) is 146 Å². The molecule has 6 heteroatoms. The van der Waals surface area contributed by atoms with Crippen LogP contribution in [0.25, 0.3) is 0 Å². The molecule has 0 saturated heterocycles. The van der Waals surface area contributed by atoms with Gasteiger partial charge in [0.2, 0.25) is 0 Å². The number of esters is 3. The summed E-state index contributed by atoms with van der Waals surface area (Å²) >= 11 is 0. The van der Waals surface area contributed by atoms with E-state index in [1.165, 1.54) is 135 Å². The highest BCUT2D eigenvalue weighted by molar-refractivity contribution is 5.71. The monoisotopic (exact) mass is 1130 g/mol. The van der Waals surface area contributed by atoms with Crippen molar-refractivity contribution >= 4 is 17.9 Å². The topological polar surface area (TPSA) is 78.9 Å². The Morgan fingerprint density at radius 3 is 0.793 bits per heavy atom. The molecule has 0 aromatic carbocycles. The molecule has 0 saturated carbocycles. The van der Waals surface area contributed by atoms with Crippen LogP contribution in [0.2, 0.25) is 0 Å². The Labute approximate surface area is 506 Å². The standard InChI is InChI=1S/C76H124O6/c1-4-7-10-13-16-19-22-25-27-29-31-32-33-34-35-36-37-38-39-40-41-42-43-44-46-47-49-51-54-57-60-63-66-69-75(78)81-72-73(71-80-74(77)68-65-62-59-56-53-24-21-18-15-12-9-6-3)82-76(79)70-67-64-61-58-55-52-50-48-45-30-28-26-23-20-17-14-11-8-5-2/h7-8,10-11,16-17,19-20,25-28,31-32,34-35,37-38,45,48,52,55,61,64,73H,4-6,9,12-15,18,21-24,29-30,33,36,39-44,46-47,49-51,53-54,56-60,62-63,65-72H2,1-3H3/b10-7-,11-8-,19-16-,20-17-,27-25-,28-26-,32-31-,35-34-,38-37-,48-45-,55-52-,64-61-. The first-order chi connectivity index (χ1) is 40.5. The molecule has 0 aliphatic rings. The first-order valence-electron chi connectivity index (χ1n) is 33.8. The molecule has 0 spiro atoms. The quantitative estimate of drug-likeness (QED) is 0.0261. The lowest BCUT2D eigenvalue weighted by atomic mass is 10.0. The van der Waals surface area contributed by atoms with Crippen LogP contribution in [0, 0.1) is 0 Å². The molecule has 0 aromatic heterocycles. The van der Waals surface area contributed by atoms with Crippen LogP contribution in [-0.2, 0) is 28.6 Å². The molecular weight excluding hydrogens is 1010 g/mol. The van der Waals surface area contributed by atoms with E-state index in [1.54, 1.807) is 0 Å². The van der Waals surface area contributed by atoms with Gasteiger partial charge in [0, 0.05) is 19.3 Å².